The Hall–Kier alpha value is -1.44. The zero-order valence-electron chi connectivity index (χ0n) is 10.4. The van der Waals surface area contributed by atoms with Crippen molar-refractivity contribution in [3.05, 3.63) is 40.6 Å². The molecule has 2 heterocycles. The lowest BCUT2D eigenvalue weighted by atomic mass is 10.2. The number of nitrogens with two attached hydrogens (primary N) is 1. The number of aromatic nitrogens is 1. The van der Waals surface area contributed by atoms with Gasteiger partial charge in [-0.05, 0) is 12.1 Å². The SMILES string of the molecule is Nc1ccn(C2OC(/C=C/P(=O)(O)O)CC2O)c(=O)c1. The van der Waals surface area contributed by atoms with E-state index in [0.717, 1.165) is 5.82 Å². The Bertz CT molecular complexity index is 622. The maximum absolute atomic E-state index is 11.7. The molecule has 0 aliphatic carbocycles. The Kier molecular flexibility index (Phi) is 4.12. The van der Waals surface area contributed by atoms with Gasteiger partial charge < -0.3 is 25.4 Å². The second-order valence-electron chi connectivity index (χ2n) is 4.50. The van der Waals surface area contributed by atoms with Crippen LogP contribution < -0.4 is 11.3 Å². The van der Waals surface area contributed by atoms with Crippen LogP contribution in [0.1, 0.15) is 12.6 Å². The predicted octanol–water partition coefficient (Wildman–Crippen LogP) is -0.230. The van der Waals surface area contributed by atoms with E-state index in [-0.39, 0.29) is 6.42 Å². The van der Waals surface area contributed by atoms with Crippen molar-refractivity contribution in [2.75, 3.05) is 5.73 Å². The van der Waals surface area contributed by atoms with Crippen LogP contribution in [0.5, 0.6) is 0 Å². The highest BCUT2D eigenvalue weighted by molar-refractivity contribution is 7.55. The largest absolute Gasteiger partial charge is 0.399 e. The molecule has 3 unspecified atom stereocenters. The number of nitrogens with zero attached hydrogens (tertiary/aromatic N) is 1. The van der Waals surface area contributed by atoms with E-state index < -0.39 is 31.6 Å². The van der Waals surface area contributed by atoms with Crippen LogP contribution in [0, 0.1) is 0 Å². The van der Waals surface area contributed by atoms with E-state index >= 15 is 0 Å². The number of rotatable bonds is 3. The van der Waals surface area contributed by atoms with Crippen molar-refractivity contribution in [3.8, 4) is 0 Å². The van der Waals surface area contributed by atoms with E-state index in [9.17, 15) is 14.5 Å². The lowest BCUT2D eigenvalue weighted by molar-refractivity contribution is -0.0271. The summed E-state index contributed by atoms with van der Waals surface area (Å²) in [5, 5.41) is 9.89. The van der Waals surface area contributed by atoms with Gasteiger partial charge in [0.1, 0.15) is 6.10 Å². The smallest absolute Gasteiger partial charge is 0.348 e. The minimum Gasteiger partial charge on any atom is -0.399 e. The molecule has 0 saturated carbocycles. The second-order valence-corrected chi connectivity index (χ2v) is 5.98. The van der Waals surface area contributed by atoms with Crippen LogP contribution in [-0.4, -0.2) is 31.7 Å². The fourth-order valence-corrected chi connectivity index (χ4v) is 2.39. The summed E-state index contributed by atoms with van der Waals surface area (Å²) in [5.74, 6) is 0.721. The van der Waals surface area contributed by atoms with E-state index in [1.165, 1.54) is 29.0 Å². The third-order valence-corrected chi connectivity index (χ3v) is 3.42. The van der Waals surface area contributed by atoms with Crippen LogP contribution in [0.4, 0.5) is 5.69 Å². The van der Waals surface area contributed by atoms with Crippen molar-refractivity contribution < 1.29 is 24.2 Å². The second kappa shape index (κ2) is 5.51. The summed E-state index contributed by atoms with van der Waals surface area (Å²) in [6, 6.07) is 2.70. The van der Waals surface area contributed by atoms with Gasteiger partial charge in [0.2, 0.25) is 0 Å². The van der Waals surface area contributed by atoms with Gasteiger partial charge in [-0.2, -0.15) is 0 Å². The Morgan fingerprint density at radius 1 is 1.50 bits per heavy atom. The summed E-state index contributed by atoms with van der Waals surface area (Å²) in [4.78, 5) is 29.2. The first-order valence-electron chi connectivity index (χ1n) is 5.82. The molecule has 0 aromatic carbocycles. The molecule has 0 amide bonds. The number of aliphatic hydroxyl groups is 1. The molecular weight excluding hydrogens is 287 g/mol. The molecule has 1 aliphatic heterocycles. The number of aliphatic hydroxyl groups excluding tert-OH is 1. The molecular formula is C11H15N2O6P. The van der Waals surface area contributed by atoms with Crippen LogP contribution in [0.2, 0.25) is 0 Å². The summed E-state index contributed by atoms with van der Waals surface area (Å²) in [6.07, 6.45) is 0.189. The normalized spacial score (nSPS) is 27.2. The molecule has 110 valence electrons. The molecule has 8 nitrogen and oxygen atoms in total. The fourth-order valence-electron chi connectivity index (χ4n) is 1.98. The molecule has 1 aliphatic rings. The summed E-state index contributed by atoms with van der Waals surface area (Å²) < 4.78 is 17.3. The van der Waals surface area contributed by atoms with Gasteiger partial charge in [-0.15, -0.1) is 0 Å². The summed E-state index contributed by atoms with van der Waals surface area (Å²) in [7, 11) is -4.27. The number of nitrogen functional groups attached to an aromatic ring is 1. The van der Waals surface area contributed by atoms with E-state index in [4.69, 9.17) is 20.3 Å². The van der Waals surface area contributed by atoms with Gasteiger partial charge in [-0.25, -0.2) is 0 Å². The molecule has 0 spiro atoms. The maximum atomic E-state index is 11.7. The highest BCUT2D eigenvalue weighted by atomic mass is 31.2. The van der Waals surface area contributed by atoms with E-state index in [1.54, 1.807) is 0 Å². The van der Waals surface area contributed by atoms with Crippen LogP contribution in [0.25, 0.3) is 0 Å². The number of hydrogen-bond donors (Lipinski definition) is 4. The van der Waals surface area contributed by atoms with E-state index in [0.29, 0.717) is 5.69 Å². The van der Waals surface area contributed by atoms with Crippen molar-refractivity contribution in [2.45, 2.75) is 24.9 Å². The Labute approximate surface area is 114 Å². The molecule has 9 heteroatoms. The quantitative estimate of drug-likeness (QED) is 0.566. The maximum Gasteiger partial charge on any atom is 0.348 e. The average molecular weight is 302 g/mol. The van der Waals surface area contributed by atoms with Crippen molar-refractivity contribution in [2.24, 2.45) is 0 Å². The predicted molar refractivity (Wildman–Crippen MR) is 70.8 cm³/mol. The topological polar surface area (TPSA) is 135 Å². The lowest BCUT2D eigenvalue weighted by Crippen LogP contribution is -2.29. The van der Waals surface area contributed by atoms with Gasteiger partial charge in [0, 0.05) is 30.2 Å². The van der Waals surface area contributed by atoms with Gasteiger partial charge in [0.05, 0.1) is 6.10 Å². The van der Waals surface area contributed by atoms with Crippen molar-refractivity contribution in [1.82, 2.24) is 4.57 Å². The third-order valence-electron chi connectivity index (χ3n) is 2.86. The highest BCUT2D eigenvalue weighted by Gasteiger charge is 2.34. The summed E-state index contributed by atoms with van der Waals surface area (Å²) >= 11 is 0. The number of anilines is 1. The first kappa shape index (κ1) is 15.0. The van der Waals surface area contributed by atoms with Crippen molar-refractivity contribution >= 4 is 13.3 Å². The first-order chi connectivity index (χ1) is 9.26. The number of hydrogen-bond acceptors (Lipinski definition) is 5. The molecule has 20 heavy (non-hydrogen) atoms. The zero-order chi connectivity index (χ0) is 14.9. The van der Waals surface area contributed by atoms with Gasteiger partial charge in [0.25, 0.3) is 5.56 Å². The molecule has 1 fully saturated rings. The third kappa shape index (κ3) is 3.56. The Balaban J connectivity index is 2.17. The minimum absolute atomic E-state index is 0.137. The zero-order valence-corrected chi connectivity index (χ0v) is 11.3. The first-order valence-corrected chi connectivity index (χ1v) is 7.50. The summed E-state index contributed by atoms with van der Waals surface area (Å²) in [5.41, 5.74) is 5.35. The standard InChI is InChI=1S/C11H15N2O6P/c12-7-1-3-13(10(15)5-7)11-9(14)6-8(19-11)2-4-20(16,17)18/h1-5,8-9,11,14H,6,12H2,(H2,16,17,18)/b4-2+. The molecule has 0 radical (unpaired) electrons. The average Bonchev–Trinajstić information content (AvgIpc) is 2.67. The van der Waals surface area contributed by atoms with Crippen LogP contribution >= 0.6 is 7.60 Å². The molecule has 1 saturated heterocycles. The van der Waals surface area contributed by atoms with Crippen LogP contribution in [-0.2, 0) is 9.30 Å². The molecule has 2 rings (SSSR count). The van der Waals surface area contributed by atoms with Crippen LogP contribution in [0.15, 0.2) is 35.0 Å². The molecule has 1 aromatic heterocycles. The highest BCUT2D eigenvalue weighted by Crippen LogP contribution is 2.38. The molecule has 1 aromatic rings. The summed E-state index contributed by atoms with van der Waals surface area (Å²) in [6.45, 7) is 0. The number of pyridine rings is 1. The van der Waals surface area contributed by atoms with E-state index in [2.05, 4.69) is 0 Å². The molecule has 3 atom stereocenters. The monoisotopic (exact) mass is 302 g/mol. The van der Waals surface area contributed by atoms with Gasteiger partial charge >= 0.3 is 7.60 Å². The lowest BCUT2D eigenvalue weighted by Gasteiger charge is -2.17. The Morgan fingerprint density at radius 2 is 2.20 bits per heavy atom. The molecule has 5 N–H and O–H groups in total. The van der Waals surface area contributed by atoms with E-state index in [1.807, 2.05) is 0 Å². The van der Waals surface area contributed by atoms with Gasteiger partial charge in [-0.1, -0.05) is 0 Å². The van der Waals surface area contributed by atoms with Gasteiger partial charge in [-0.3, -0.25) is 13.9 Å². The van der Waals surface area contributed by atoms with Crippen molar-refractivity contribution in [1.29, 1.82) is 0 Å². The fraction of sp³-hybridized carbons (Fsp3) is 0.364. The van der Waals surface area contributed by atoms with Gasteiger partial charge in [0.15, 0.2) is 6.23 Å². The number of ether oxygens (including phenoxy) is 1. The molecule has 0 bridgehead atoms. The van der Waals surface area contributed by atoms with Crippen molar-refractivity contribution in [3.63, 3.8) is 0 Å². The minimum atomic E-state index is -4.27. The van der Waals surface area contributed by atoms with Crippen LogP contribution in [0.3, 0.4) is 0 Å². The Morgan fingerprint density at radius 3 is 2.80 bits per heavy atom.